The standard InChI is InChI=1S/C11H7ClN2O/c1-15-11-3-2-10(12)5-9(11)4-8(6-13)7-14/h2-5H,1H3. The van der Waals surface area contributed by atoms with Gasteiger partial charge in [-0.1, -0.05) is 11.6 Å². The summed E-state index contributed by atoms with van der Waals surface area (Å²) in [6.45, 7) is 0. The van der Waals surface area contributed by atoms with Gasteiger partial charge < -0.3 is 4.74 Å². The number of hydrogen-bond acceptors (Lipinski definition) is 3. The molecule has 4 heteroatoms. The molecule has 0 amide bonds. The molecular weight excluding hydrogens is 212 g/mol. The molecule has 0 saturated carbocycles. The maximum atomic E-state index is 8.61. The Kier molecular flexibility index (Phi) is 3.74. The van der Waals surface area contributed by atoms with Crippen LogP contribution in [0.2, 0.25) is 5.02 Å². The molecule has 0 aliphatic carbocycles. The molecule has 0 aliphatic heterocycles. The van der Waals surface area contributed by atoms with Gasteiger partial charge in [-0.05, 0) is 24.3 Å². The fourth-order valence-corrected chi connectivity index (χ4v) is 1.24. The van der Waals surface area contributed by atoms with Gasteiger partial charge in [-0.2, -0.15) is 10.5 Å². The van der Waals surface area contributed by atoms with E-state index in [1.807, 2.05) is 0 Å². The molecule has 0 N–H and O–H groups in total. The Morgan fingerprint density at radius 2 is 2.07 bits per heavy atom. The highest BCUT2D eigenvalue weighted by atomic mass is 35.5. The number of halogens is 1. The van der Waals surface area contributed by atoms with Crippen molar-refractivity contribution in [1.82, 2.24) is 0 Å². The van der Waals surface area contributed by atoms with E-state index in [0.717, 1.165) is 0 Å². The van der Waals surface area contributed by atoms with Gasteiger partial charge in [0, 0.05) is 10.6 Å². The van der Waals surface area contributed by atoms with Crippen molar-refractivity contribution in [3.05, 3.63) is 34.4 Å². The van der Waals surface area contributed by atoms with Crippen LogP contribution < -0.4 is 4.74 Å². The molecule has 1 rings (SSSR count). The fourth-order valence-electron chi connectivity index (χ4n) is 1.06. The number of benzene rings is 1. The van der Waals surface area contributed by atoms with Gasteiger partial charge in [0.2, 0.25) is 0 Å². The molecule has 74 valence electrons. The Labute approximate surface area is 92.8 Å². The molecule has 0 unspecified atom stereocenters. The quantitative estimate of drug-likeness (QED) is 0.718. The van der Waals surface area contributed by atoms with E-state index in [2.05, 4.69) is 0 Å². The largest absolute Gasteiger partial charge is 0.496 e. The number of ether oxygens (including phenoxy) is 1. The molecule has 0 aromatic heterocycles. The van der Waals surface area contributed by atoms with Crippen LogP contribution in [0.1, 0.15) is 5.56 Å². The van der Waals surface area contributed by atoms with E-state index in [4.69, 9.17) is 26.9 Å². The second-order valence-corrected chi connectivity index (χ2v) is 3.10. The molecule has 0 atom stereocenters. The van der Waals surface area contributed by atoms with E-state index in [0.29, 0.717) is 16.3 Å². The molecule has 1 aromatic rings. The number of nitriles is 2. The highest BCUT2D eigenvalue weighted by Gasteiger charge is 2.02. The highest BCUT2D eigenvalue weighted by molar-refractivity contribution is 6.30. The van der Waals surface area contributed by atoms with Crippen LogP contribution in [0.15, 0.2) is 23.8 Å². The maximum Gasteiger partial charge on any atom is 0.130 e. The lowest BCUT2D eigenvalue weighted by Crippen LogP contribution is -1.87. The third-order valence-corrected chi connectivity index (χ3v) is 1.97. The first kappa shape index (κ1) is 11.1. The number of methoxy groups -OCH3 is 1. The summed E-state index contributed by atoms with van der Waals surface area (Å²) >= 11 is 5.79. The summed E-state index contributed by atoms with van der Waals surface area (Å²) in [6.07, 6.45) is 1.44. The molecule has 0 spiro atoms. The van der Waals surface area contributed by atoms with Crippen LogP contribution in [0.3, 0.4) is 0 Å². The van der Waals surface area contributed by atoms with Crippen molar-refractivity contribution < 1.29 is 4.74 Å². The predicted octanol–water partition coefficient (Wildman–Crippen LogP) is 2.78. The fraction of sp³-hybridized carbons (Fsp3) is 0.0909. The van der Waals surface area contributed by atoms with Gasteiger partial charge in [-0.3, -0.25) is 0 Å². The third kappa shape index (κ3) is 2.74. The van der Waals surface area contributed by atoms with Crippen molar-refractivity contribution in [3.63, 3.8) is 0 Å². The molecular formula is C11H7ClN2O. The number of allylic oxidation sites excluding steroid dienone is 1. The molecule has 0 heterocycles. The maximum absolute atomic E-state index is 8.61. The third-order valence-electron chi connectivity index (χ3n) is 1.73. The first-order chi connectivity index (χ1) is 7.21. The summed E-state index contributed by atoms with van der Waals surface area (Å²) < 4.78 is 5.07. The zero-order chi connectivity index (χ0) is 11.3. The second-order valence-electron chi connectivity index (χ2n) is 2.67. The van der Waals surface area contributed by atoms with Crippen molar-refractivity contribution in [2.75, 3.05) is 7.11 Å². The lowest BCUT2D eigenvalue weighted by molar-refractivity contribution is 0.414. The number of nitrogens with zero attached hydrogens (tertiary/aromatic N) is 2. The molecule has 0 radical (unpaired) electrons. The summed E-state index contributed by atoms with van der Waals surface area (Å²) in [6, 6.07) is 8.54. The van der Waals surface area contributed by atoms with Gasteiger partial charge in [-0.25, -0.2) is 0 Å². The zero-order valence-corrected chi connectivity index (χ0v) is 8.75. The van der Waals surface area contributed by atoms with Crippen LogP contribution in [-0.2, 0) is 0 Å². The van der Waals surface area contributed by atoms with Crippen molar-refractivity contribution >= 4 is 17.7 Å². The second kappa shape index (κ2) is 5.05. The molecule has 3 nitrogen and oxygen atoms in total. The van der Waals surface area contributed by atoms with Crippen LogP contribution in [-0.4, -0.2) is 7.11 Å². The van der Waals surface area contributed by atoms with Crippen molar-refractivity contribution in [3.8, 4) is 17.9 Å². The predicted molar refractivity (Wildman–Crippen MR) is 57.2 cm³/mol. The molecule has 1 aromatic carbocycles. The van der Waals surface area contributed by atoms with Gasteiger partial charge in [0.15, 0.2) is 0 Å². The number of rotatable bonds is 2. The SMILES string of the molecule is COc1ccc(Cl)cc1C=C(C#N)C#N. The normalized spacial score (nSPS) is 8.53. The molecule has 15 heavy (non-hydrogen) atoms. The van der Waals surface area contributed by atoms with E-state index in [1.165, 1.54) is 13.2 Å². The molecule has 0 bridgehead atoms. The summed E-state index contributed by atoms with van der Waals surface area (Å²) in [5, 5.41) is 17.7. The smallest absolute Gasteiger partial charge is 0.130 e. The monoisotopic (exact) mass is 218 g/mol. The molecule has 0 saturated heterocycles. The van der Waals surface area contributed by atoms with Gasteiger partial charge >= 0.3 is 0 Å². The Balaban J connectivity index is 3.26. The van der Waals surface area contributed by atoms with Crippen LogP contribution >= 0.6 is 11.6 Å². The zero-order valence-electron chi connectivity index (χ0n) is 7.99. The first-order valence-corrected chi connectivity index (χ1v) is 4.44. The lowest BCUT2D eigenvalue weighted by Gasteiger charge is -2.04. The highest BCUT2D eigenvalue weighted by Crippen LogP contribution is 2.24. The van der Waals surface area contributed by atoms with Crippen LogP contribution in [0, 0.1) is 22.7 Å². The average molecular weight is 219 g/mol. The molecule has 0 aliphatic rings. The first-order valence-electron chi connectivity index (χ1n) is 4.06. The van der Waals surface area contributed by atoms with E-state index in [1.54, 1.807) is 30.3 Å². The van der Waals surface area contributed by atoms with E-state index >= 15 is 0 Å². The van der Waals surface area contributed by atoms with Crippen molar-refractivity contribution in [2.45, 2.75) is 0 Å². The van der Waals surface area contributed by atoms with Crippen molar-refractivity contribution in [2.24, 2.45) is 0 Å². The van der Waals surface area contributed by atoms with Gasteiger partial charge in [0.05, 0.1) is 7.11 Å². The van der Waals surface area contributed by atoms with Crippen LogP contribution in [0.25, 0.3) is 6.08 Å². The Bertz CT molecular complexity index is 464. The van der Waals surface area contributed by atoms with Gasteiger partial charge in [-0.15, -0.1) is 0 Å². The summed E-state index contributed by atoms with van der Waals surface area (Å²) in [5.74, 6) is 0.572. The summed E-state index contributed by atoms with van der Waals surface area (Å²) in [4.78, 5) is 0. The minimum absolute atomic E-state index is 0.00978. The van der Waals surface area contributed by atoms with Crippen molar-refractivity contribution in [1.29, 1.82) is 10.5 Å². The van der Waals surface area contributed by atoms with E-state index in [9.17, 15) is 0 Å². The minimum atomic E-state index is 0.00978. The van der Waals surface area contributed by atoms with Crippen LogP contribution in [0.4, 0.5) is 0 Å². The molecule has 0 fully saturated rings. The lowest BCUT2D eigenvalue weighted by atomic mass is 10.1. The van der Waals surface area contributed by atoms with E-state index < -0.39 is 0 Å². The summed E-state index contributed by atoms with van der Waals surface area (Å²) in [7, 11) is 1.51. The Morgan fingerprint density at radius 3 is 2.60 bits per heavy atom. The Hall–Kier alpha value is -1.97. The minimum Gasteiger partial charge on any atom is -0.496 e. The number of hydrogen-bond donors (Lipinski definition) is 0. The van der Waals surface area contributed by atoms with Gasteiger partial charge in [0.25, 0.3) is 0 Å². The van der Waals surface area contributed by atoms with Gasteiger partial charge in [0.1, 0.15) is 23.5 Å². The average Bonchev–Trinajstić information content (AvgIpc) is 2.26. The Morgan fingerprint density at radius 1 is 1.40 bits per heavy atom. The summed E-state index contributed by atoms with van der Waals surface area (Å²) in [5.41, 5.74) is 0.624. The topological polar surface area (TPSA) is 56.8 Å². The van der Waals surface area contributed by atoms with Crippen LogP contribution in [0.5, 0.6) is 5.75 Å². The van der Waals surface area contributed by atoms with E-state index in [-0.39, 0.29) is 5.57 Å².